The zero-order valence-electron chi connectivity index (χ0n) is 23.8. The van der Waals surface area contributed by atoms with E-state index in [1.165, 1.54) is 6.07 Å². The van der Waals surface area contributed by atoms with Crippen LogP contribution in [-0.2, 0) is 14.3 Å². The van der Waals surface area contributed by atoms with Crippen molar-refractivity contribution in [1.82, 2.24) is 10.2 Å². The van der Waals surface area contributed by atoms with Gasteiger partial charge < -0.3 is 25.4 Å². The topological polar surface area (TPSA) is 108 Å². The van der Waals surface area contributed by atoms with Crippen molar-refractivity contribution < 1.29 is 24.2 Å². The Kier molecular flexibility index (Phi) is 8.67. The second-order valence-electron chi connectivity index (χ2n) is 11.7. The Morgan fingerprint density at radius 1 is 0.950 bits per heavy atom. The van der Waals surface area contributed by atoms with Crippen LogP contribution >= 0.6 is 0 Å². The lowest BCUT2D eigenvalue weighted by Crippen LogP contribution is -2.58. The fourth-order valence-corrected chi connectivity index (χ4v) is 4.91. The molecule has 1 aliphatic rings. The molecule has 0 saturated heterocycles. The van der Waals surface area contributed by atoms with E-state index in [9.17, 15) is 19.5 Å². The molecule has 0 aliphatic heterocycles. The van der Waals surface area contributed by atoms with Gasteiger partial charge in [0.1, 0.15) is 23.4 Å². The van der Waals surface area contributed by atoms with Gasteiger partial charge in [0, 0.05) is 17.3 Å². The van der Waals surface area contributed by atoms with Gasteiger partial charge in [-0.25, -0.2) is 4.79 Å². The average molecular weight is 546 g/mol. The van der Waals surface area contributed by atoms with Crippen LogP contribution < -0.4 is 10.6 Å². The number of carbonyl (C=O) groups excluding carboxylic acids is 3. The van der Waals surface area contributed by atoms with Crippen LogP contribution in [-0.4, -0.2) is 45.6 Å². The number of aromatic hydroxyl groups is 1. The monoisotopic (exact) mass is 545 g/mol. The summed E-state index contributed by atoms with van der Waals surface area (Å²) in [6, 6.07) is 17.8. The maximum Gasteiger partial charge on any atom is 0.408 e. The molecule has 1 aliphatic carbocycles. The number of rotatable bonds is 8. The maximum absolute atomic E-state index is 14.3. The molecular formula is C32H39N3O5. The number of carbonyl (C=O) groups is 3. The van der Waals surface area contributed by atoms with Gasteiger partial charge in [-0.05, 0) is 74.9 Å². The standard InChI is InChI=1S/C32H39N3O5/c1-20(2)27(34-31(39)40-32(3,4)5)30(38)35(24-13-10-14-24)28(25-15-8-9-16-26(25)36)29(37)33-23-18-17-21-11-6-7-12-22(21)19-23/h6-9,11-12,15-20,24,27-28,36H,10,13-14H2,1-5H3,(H,33,37)(H,34,39). The third-order valence-corrected chi connectivity index (χ3v) is 7.10. The summed E-state index contributed by atoms with van der Waals surface area (Å²) in [5.41, 5.74) is 0.165. The molecule has 0 heterocycles. The molecular weight excluding hydrogens is 506 g/mol. The summed E-state index contributed by atoms with van der Waals surface area (Å²) in [7, 11) is 0. The summed E-state index contributed by atoms with van der Waals surface area (Å²) in [6.45, 7) is 8.94. The number of phenols is 1. The van der Waals surface area contributed by atoms with Gasteiger partial charge in [-0.2, -0.15) is 0 Å². The van der Waals surface area contributed by atoms with Crippen molar-refractivity contribution in [2.24, 2.45) is 5.92 Å². The highest BCUT2D eigenvalue weighted by atomic mass is 16.6. The van der Waals surface area contributed by atoms with Gasteiger partial charge in [-0.15, -0.1) is 0 Å². The summed E-state index contributed by atoms with van der Waals surface area (Å²) in [4.78, 5) is 42.6. The Balaban J connectivity index is 1.72. The first-order valence-electron chi connectivity index (χ1n) is 13.8. The van der Waals surface area contributed by atoms with Crippen LogP contribution in [0.2, 0.25) is 0 Å². The van der Waals surface area contributed by atoms with Crippen LogP contribution in [0, 0.1) is 5.92 Å². The number of alkyl carbamates (subject to hydrolysis) is 1. The second kappa shape index (κ2) is 12.0. The van der Waals surface area contributed by atoms with E-state index >= 15 is 0 Å². The molecule has 3 amide bonds. The Bertz CT molecular complexity index is 1380. The van der Waals surface area contributed by atoms with E-state index in [0.717, 1.165) is 30.0 Å². The predicted octanol–water partition coefficient (Wildman–Crippen LogP) is 6.16. The molecule has 8 heteroatoms. The molecule has 3 aromatic rings. The lowest BCUT2D eigenvalue weighted by Gasteiger charge is -2.44. The molecule has 1 fully saturated rings. The van der Waals surface area contributed by atoms with Gasteiger partial charge in [0.05, 0.1) is 0 Å². The van der Waals surface area contributed by atoms with Crippen LogP contribution in [0.15, 0.2) is 66.7 Å². The quantitative estimate of drug-likeness (QED) is 0.314. The number of para-hydroxylation sites is 1. The van der Waals surface area contributed by atoms with Gasteiger partial charge in [-0.3, -0.25) is 9.59 Å². The van der Waals surface area contributed by atoms with Crippen molar-refractivity contribution in [1.29, 1.82) is 0 Å². The normalized spacial score (nSPS) is 15.2. The van der Waals surface area contributed by atoms with E-state index in [2.05, 4.69) is 10.6 Å². The molecule has 0 bridgehead atoms. The van der Waals surface area contributed by atoms with Crippen LogP contribution in [0.3, 0.4) is 0 Å². The number of nitrogens with one attached hydrogen (secondary N) is 2. The number of hydrogen-bond acceptors (Lipinski definition) is 5. The van der Waals surface area contributed by atoms with Gasteiger partial charge in [-0.1, -0.05) is 62.4 Å². The minimum absolute atomic E-state index is 0.0838. The molecule has 212 valence electrons. The third-order valence-electron chi connectivity index (χ3n) is 7.10. The highest BCUT2D eigenvalue weighted by Gasteiger charge is 2.43. The minimum Gasteiger partial charge on any atom is -0.508 e. The molecule has 3 aromatic carbocycles. The summed E-state index contributed by atoms with van der Waals surface area (Å²) in [5.74, 6) is -1.21. The molecule has 4 rings (SSSR count). The van der Waals surface area contributed by atoms with Gasteiger partial charge >= 0.3 is 6.09 Å². The molecule has 40 heavy (non-hydrogen) atoms. The molecule has 0 radical (unpaired) electrons. The van der Waals surface area contributed by atoms with Crippen molar-refractivity contribution in [3.05, 3.63) is 72.3 Å². The van der Waals surface area contributed by atoms with Crippen molar-refractivity contribution in [2.45, 2.75) is 77.6 Å². The SMILES string of the molecule is CC(C)C(NC(=O)OC(C)(C)C)C(=O)N(C1CCC1)C(C(=O)Nc1ccc2ccccc2c1)c1ccccc1O. The second-order valence-corrected chi connectivity index (χ2v) is 11.7. The summed E-state index contributed by atoms with van der Waals surface area (Å²) in [6.07, 6.45) is 1.65. The Hall–Kier alpha value is -4.07. The maximum atomic E-state index is 14.3. The van der Waals surface area contributed by atoms with Crippen LogP contribution in [0.5, 0.6) is 5.75 Å². The van der Waals surface area contributed by atoms with Crippen LogP contribution in [0.1, 0.15) is 65.5 Å². The first-order valence-corrected chi connectivity index (χ1v) is 13.8. The molecule has 8 nitrogen and oxygen atoms in total. The van der Waals surface area contributed by atoms with Crippen molar-refractivity contribution in [3.63, 3.8) is 0 Å². The Labute approximate surface area is 235 Å². The summed E-state index contributed by atoms with van der Waals surface area (Å²) >= 11 is 0. The lowest BCUT2D eigenvalue weighted by atomic mass is 9.87. The van der Waals surface area contributed by atoms with Crippen molar-refractivity contribution in [2.75, 3.05) is 5.32 Å². The fraction of sp³-hybridized carbons (Fsp3) is 0.406. The number of ether oxygens (including phenoxy) is 1. The van der Waals surface area contributed by atoms with Gasteiger partial charge in [0.25, 0.3) is 5.91 Å². The van der Waals surface area contributed by atoms with Crippen molar-refractivity contribution in [3.8, 4) is 5.75 Å². The van der Waals surface area contributed by atoms with Gasteiger partial charge in [0.15, 0.2) is 0 Å². The van der Waals surface area contributed by atoms with E-state index in [4.69, 9.17) is 4.74 Å². The fourth-order valence-electron chi connectivity index (χ4n) is 4.91. The summed E-state index contributed by atoms with van der Waals surface area (Å²) in [5, 5.41) is 18.6. The molecule has 3 N–H and O–H groups in total. The van der Waals surface area contributed by atoms with Crippen LogP contribution in [0.25, 0.3) is 10.8 Å². The highest BCUT2D eigenvalue weighted by molar-refractivity contribution is 6.01. The van der Waals surface area contributed by atoms with E-state index in [-0.39, 0.29) is 17.7 Å². The number of hydrogen-bond donors (Lipinski definition) is 3. The largest absolute Gasteiger partial charge is 0.508 e. The van der Waals surface area contributed by atoms with Gasteiger partial charge in [0.2, 0.25) is 5.91 Å². The van der Waals surface area contributed by atoms with E-state index in [0.29, 0.717) is 11.3 Å². The molecule has 2 atom stereocenters. The van der Waals surface area contributed by atoms with E-state index in [1.807, 2.05) is 56.3 Å². The number of phenolic OH excluding ortho intramolecular Hbond substituents is 1. The van der Waals surface area contributed by atoms with E-state index < -0.39 is 35.6 Å². The zero-order chi connectivity index (χ0) is 29.0. The van der Waals surface area contributed by atoms with Crippen LogP contribution in [0.4, 0.5) is 10.5 Å². The minimum atomic E-state index is -1.12. The molecule has 0 spiro atoms. The number of amides is 3. The van der Waals surface area contributed by atoms with Crippen molar-refractivity contribution >= 4 is 34.4 Å². The lowest BCUT2D eigenvalue weighted by molar-refractivity contribution is -0.146. The Morgan fingerprint density at radius 3 is 2.20 bits per heavy atom. The highest BCUT2D eigenvalue weighted by Crippen LogP contribution is 2.37. The molecule has 2 unspecified atom stereocenters. The van der Waals surface area contributed by atoms with E-state index in [1.54, 1.807) is 43.9 Å². The predicted molar refractivity (Wildman–Crippen MR) is 156 cm³/mol. The molecule has 1 saturated carbocycles. The number of benzene rings is 3. The Morgan fingerprint density at radius 2 is 1.60 bits per heavy atom. The first-order chi connectivity index (χ1) is 18.9. The zero-order valence-corrected chi connectivity index (χ0v) is 23.8. The number of anilines is 1. The summed E-state index contributed by atoms with van der Waals surface area (Å²) < 4.78 is 5.43. The molecule has 0 aromatic heterocycles. The average Bonchev–Trinajstić information content (AvgIpc) is 2.85. The number of fused-ring (bicyclic) bond motifs is 1. The number of nitrogens with zero attached hydrogens (tertiary/aromatic N) is 1. The first kappa shape index (κ1) is 28.9. The smallest absolute Gasteiger partial charge is 0.408 e. The third kappa shape index (κ3) is 6.73.